The maximum atomic E-state index is 11.6. The van der Waals surface area contributed by atoms with Gasteiger partial charge in [0.25, 0.3) is 0 Å². The van der Waals surface area contributed by atoms with Gasteiger partial charge in [-0.1, -0.05) is 15.9 Å². The monoisotopic (exact) mass is 249 g/mol. The van der Waals surface area contributed by atoms with E-state index in [1.807, 2.05) is 18.9 Å². The molecule has 1 heterocycles. The first-order chi connectivity index (χ1) is 6.13. The van der Waals surface area contributed by atoms with Crippen LogP contribution < -0.4 is 0 Å². The van der Waals surface area contributed by atoms with Gasteiger partial charge in [-0.15, -0.1) is 0 Å². The number of amides is 1. The summed E-state index contributed by atoms with van der Waals surface area (Å²) in [5.74, 6) is 0.159. The predicted molar refractivity (Wildman–Crippen MR) is 55.0 cm³/mol. The highest BCUT2D eigenvalue weighted by atomic mass is 79.9. The summed E-state index contributed by atoms with van der Waals surface area (Å²) in [6.07, 6.45) is 1.92. The van der Waals surface area contributed by atoms with E-state index >= 15 is 0 Å². The average molecular weight is 250 g/mol. The number of hydrogen-bond acceptors (Lipinski definition) is 2. The van der Waals surface area contributed by atoms with Gasteiger partial charge in [-0.3, -0.25) is 4.79 Å². The number of halogens is 1. The van der Waals surface area contributed by atoms with E-state index in [1.165, 1.54) is 0 Å². The molecule has 0 aliphatic carbocycles. The molecule has 0 aromatic rings. The molecule has 0 saturated carbocycles. The molecule has 0 N–H and O–H groups in total. The molecule has 0 radical (unpaired) electrons. The molecule has 0 bridgehead atoms. The van der Waals surface area contributed by atoms with Crippen LogP contribution in [0.2, 0.25) is 0 Å². The van der Waals surface area contributed by atoms with Crippen molar-refractivity contribution in [2.75, 3.05) is 20.3 Å². The Hall–Kier alpha value is -0.0900. The molecule has 1 saturated heterocycles. The van der Waals surface area contributed by atoms with Crippen molar-refractivity contribution in [1.82, 2.24) is 4.90 Å². The van der Waals surface area contributed by atoms with Crippen LogP contribution in [0.4, 0.5) is 0 Å². The molecule has 13 heavy (non-hydrogen) atoms. The Balaban J connectivity index is 2.45. The Kier molecular flexibility index (Phi) is 4.19. The highest BCUT2D eigenvalue weighted by Crippen LogP contribution is 2.15. The van der Waals surface area contributed by atoms with Gasteiger partial charge in [-0.25, -0.2) is 0 Å². The van der Waals surface area contributed by atoms with Crippen LogP contribution in [0.25, 0.3) is 0 Å². The lowest BCUT2D eigenvalue weighted by Gasteiger charge is -2.31. The van der Waals surface area contributed by atoms with Crippen LogP contribution in [0.1, 0.15) is 19.8 Å². The second-order valence-electron chi connectivity index (χ2n) is 3.41. The minimum Gasteiger partial charge on any atom is -0.381 e. The molecule has 1 aliphatic rings. The molecule has 1 atom stereocenters. The Morgan fingerprint density at radius 2 is 2.08 bits per heavy atom. The molecule has 1 amide bonds. The maximum absolute atomic E-state index is 11.6. The maximum Gasteiger partial charge on any atom is 0.236 e. The fourth-order valence-electron chi connectivity index (χ4n) is 1.53. The lowest BCUT2D eigenvalue weighted by molar-refractivity contribution is -0.132. The average Bonchev–Trinajstić information content (AvgIpc) is 2.17. The third kappa shape index (κ3) is 2.95. The molecule has 0 aromatic carbocycles. The predicted octanol–water partition coefficient (Wildman–Crippen LogP) is 1.41. The zero-order chi connectivity index (χ0) is 9.84. The van der Waals surface area contributed by atoms with Crippen LogP contribution in [0, 0.1) is 0 Å². The van der Waals surface area contributed by atoms with Crippen LogP contribution in [0.3, 0.4) is 0 Å². The molecular weight excluding hydrogens is 234 g/mol. The van der Waals surface area contributed by atoms with Crippen LogP contribution >= 0.6 is 15.9 Å². The third-order valence-corrected chi connectivity index (χ3v) is 2.82. The number of carbonyl (C=O) groups is 1. The van der Waals surface area contributed by atoms with Crippen molar-refractivity contribution < 1.29 is 9.53 Å². The molecule has 0 aromatic heterocycles. The Bertz CT molecular complexity index is 178. The minimum absolute atomic E-state index is 0.0830. The number of ether oxygens (including phenoxy) is 1. The summed E-state index contributed by atoms with van der Waals surface area (Å²) in [5, 5.41) is 0. The van der Waals surface area contributed by atoms with Gasteiger partial charge in [0.15, 0.2) is 0 Å². The first-order valence-corrected chi connectivity index (χ1v) is 5.53. The van der Waals surface area contributed by atoms with Crippen molar-refractivity contribution in [2.45, 2.75) is 30.6 Å². The Morgan fingerprint density at radius 3 is 2.54 bits per heavy atom. The first-order valence-electron chi connectivity index (χ1n) is 4.61. The fraction of sp³-hybridized carbons (Fsp3) is 0.889. The number of carbonyl (C=O) groups excluding carboxylic acids is 1. The van der Waals surface area contributed by atoms with Crippen molar-refractivity contribution in [3.05, 3.63) is 0 Å². The molecule has 1 fully saturated rings. The lowest BCUT2D eigenvalue weighted by atomic mass is 10.1. The van der Waals surface area contributed by atoms with Gasteiger partial charge in [0, 0.05) is 26.3 Å². The number of rotatable bonds is 2. The summed E-state index contributed by atoms with van der Waals surface area (Å²) >= 11 is 3.28. The Labute approximate surface area is 87.6 Å². The van der Waals surface area contributed by atoms with Crippen molar-refractivity contribution in [3.8, 4) is 0 Å². The lowest BCUT2D eigenvalue weighted by Crippen LogP contribution is -2.43. The zero-order valence-electron chi connectivity index (χ0n) is 8.12. The van der Waals surface area contributed by atoms with Crippen LogP contribution in [0.15, 0.2) is 0 Å². The highest BCUT2D eigenvalue weighted by molar-refractivity contribution is 9.10. The van der Waals surface area contributed by atoms with Crippen LogP contribution in [-0.4, -0.2) is 41.9 Å². The summed E-state index contributed by atoms with van der Waals surface area (Å²) < 4.78 is 5.24. The topological polar surface area (TPSA) is 29.5 Å². The SMILES string of the molecule is CC(Br)C(=O)N(C)C1CCOCC1. The number of nitrogens with zero attached hydrogens (tertiary/aromatic N) is 1. The smallest absolute Gasteiger partial charge is 0.236 e. The van der Waals surface area contributed by atoms with E-state index in [4.69, 9.17) is 4.74 Å². The van der Waals surface area contributed by atoms with Gasteiger partial charge in [0.2, 0.25) is 5.91 Å². The van der Waals surface area contributed by atoms with Gasteiger partial charge in [0.05, 0.1) is 4.83 Å². The second kappa shape index (κ2) is 4.96. The number of hydrogen-bond donors (Lipinski definition) is 0. The molecule has 76 valence electrons. The molecular formula is C9H16BrNO2. The molecule has 3 nitrogen and oxygen atoms in total. The fourth-order valence-corrected chi connectivity index (χ4v) is 1.86. The van der Waals surface area contributed by atoms with E-state index in [-0.39, 0.29) is 10.7 Å². The van der Waals surface area contributed by atoms with Crippen molar-refractivity contribution in [2.24, 2.45) is 0 Å². The van der Waals surface area contributed by atoms with Crippen LogP contribution in [0.5, 0.6) is 0 Å². The van der Waals surface area contributed by atoms with Gasteiger partial charge in [0.1, 0.15) is 0 Å². The summed E-state index contributed by atoms with van der Waals surface area (Å²) in [6, 6.07) is 0.362. The van der Waals surface area contributed by atoms with Gasteiger partial charge in [-0.05, 0) is 19.8 Å². The standard InChI is InChI=1S/C9H16BrNO2/c1-7(10)9(12)11(2)8-3-5-13-6-4-8/h7-8H,3-6H2,1-2H3. The molecule has 1 unspecified atom stereocenters. The highest BCUT2D eigenvalue weighted by Gasteiger charge is 2.24. The molecule has 0 spiro atoms. The minimum atomic E-state index is -0.0830. The molecule has 1 aliphatic heterocycles. The van der Waals surface area contributed by atoms with Crippen molar-refractivity contribution in [3.63, 3.8) is 0 Å². The molecule has 4 heteroatoms. The van der Waals surface area contributed by atoms with Crippen LogP contribution in [-0.2, 0) is 9.53 Å². The normalized spacial score (nSPS) is 21.2. The quantitative estimate of drug-likeness (QED) is 0.693. The van der Waals surface area contributed by atoms with Gasteiger partial charge < -0.3 is 9.64 Å². The van der Waals surface area contributed by atoms with E-state index in [2.05, 4.69) is 15.9 Å². The summed E-state index contributed by atoms with van der Waals surface area (Å²) in [5.41, 5.74) is 0. The van der Waals surface area contributed by atoms with Gasteiger partial charge >= 0.3 is 0 Å². The summed E-state index contributed by atoms with van der Waals surface area (Å²) in [6.45, 7) is 3.41. The largest absolute Gasteiger partial charge is 0.381 e. The zero-order valence-corrected chi connectivity index (χ0v) is 9.71. The van der Waals surface area contributed by atoms with Crippen molar-refractivity contribution >= 4 is 21.8 Å². The number of alkyl halides is 1. The van der Waals surface area contributed by atoms with Crippen molar-refractivity contribution in [1.29, 1.82) is 0 Å². The van der Waals surface area contributed by atoms with E-state index in [9.17, 15) is 4.79 Å². The van der Waals surface area contributed by atoms with E-state index in [1.54, 1.807) is 0 Å². The van der Waals surface area contributed by atoms with E-state index < -0.39 is 0 Å². The second-order valence-corrected chi connectivity index (χ2v) is 4.78. The molecule has 1 rings (SSSR count). The Morgan fingerprint density at radius 1 is 1.54 bits per heavy atom. The summed E-state index contributed by atoms with van der Waals surface area (Å²) in [7, 11) is 1.87. The first kappa shape index (κ1) is 11.0. The van der Waals surface area contributed by atoms with E-state index in [0.717, 1.165) is 26.1 Å². The third-order valence-electron chi connectivity index (χ3n) is 2.43. The van der Waals surface area contributed by atoms with E-state index in [0.29, 0.717) is 6.04 Å². The van der Waals surface area contributed by atoms with Gasteiger partial charge in [-0.2, -0.15) is 0 Å². The summed E-state index contributed by atoms with van der Waals surface area (Å²) in [4.78, 5) is 13.3.